The van der Waals surface area contributed by atoms with Gasteiger partial charge in [0.2, 0.25) is 0 Å². The first-order valence-electron chi connectivity index (χ1n) is 6.25. The molecule has 0 saturated heterocycles. The summed E-state index contributed by atoms with van der Waals surface area (Å²) in [7, 11) is 1.61. The van der Waals surface area contributed by atoms with Crippen LogP contribution < -0.4 is 5.32 Å². The molecule has 5 heteroatoms. The Bertz CT molecular complexity index is 465. The summed E-state index contributed by atoms with van der Waals surface area (Å²) in [5, 5.41) is 11.7. The molecule has 2 rings (SSSR count). The fourth-order valence-electron chi connectivity index (χ4n) is 1.99. The summed E-state index contributed by atoms with van der Waals surface area (Å²) in [6.45, 7) is 0.504. The van der Waals surface area contributed by atoms with Gasteiger partial charge in [-0.1, -0.05) is 0 Å². The highest BCUT2D eigenvalue weighted by atomic mass is 16.5. The molecule has 1 aromatic carbocycles. The van der Waals surface area contributed by atoms with Crippen molar-refractivity contribution in [3.8, 4) is 0 Å². The molecule has 1 aliphatic rings. The maximum Gasteiger partial charge on any atom is 0.335 e. The number of carbonyl (C=O) groups excluding carboxylic acids is 1. The van der Waals surface area contributed by atoms with E-state index in [1.165, 1.54) is 24.3 Å². The standard InChI is InChI=1S/C14H17NO4/c1-19-8-12(9-2-3-9)15-13(16)10-4-6-11(7-5-10)14(17)18/h4-7,9,12H,2-3,8H2,1H3,(H,15,16)(H,17,18). The van der Waals surface area contributed by atoms with Crippen LogP contribution in [0.25, 0.3) is 0 Å². The first kappa shape index (κ1) is 13.5. The molecule has 1 unspecified atom stereocenters. The molecule has 0 aromatic heterocycles. The minimum absolute atomic E-state index is 0.0386. The van der Waals surface area contributed by atoms with Gasteiger partial charge in [-0.2, -0.15) is 0 Å². The zero-order valence-electron chi connectivity index (χ0n) is 10.8. The third kappa shape index (κ3) is 3.54. The Morgan fingerprint density at radius 2 is 1.89 bits per heavy atom. The largest absolute Gasteiger partial charge is 0.478 e. The number of hydrogen-bond acceptors (Lipinski definition) is 3. The molecular formula is C14H17NO4. The van der Waals surface area contributed by atoms with Gasteiger partial charge in [0.1, 0.15) is 0 Å². The molecule has 0 spiro atoms. The van der Waals surface area contributed by atoms with E-state index in [0.29, 0.717) is 18.1 Å². The van der Waals surface area contributed by atoms with Gasteiger partial charge in [-0.05, 0) is 43.0 Å². The van der Waals surface area contributed by atoms with E-state index >= 15 is 0 Å². The van der Waals surface area contributed by atoms with Gasteiger partial charge in [-0.3, -0.25) is 4.79 Å². The molecule has 1 aliphatic carbocycles. The van der Waals surface area contributed by atoms with Crippen LogP contribution in [0.3, 0.4) is 0 Å². The van der Waals surface area contributed by atoms with Crippen molar-refractivity contribution >= 4 is 11.9 Å². The van der Waals surface area contributed by atoms with E-state index in [1.54, 1.807) is 7.11 Å². The van der Waals surface area contributed by atoms with E-state index in [2.05, 4.69) is 5.32 Å². The van der Waals surface area contributed by atoms with Crippen molar-refractivity contribution < 1.29 is 19.4 Å². The Morgan fingerprint density at radius 1 is 1.32 bits per heavy atom. The molecule has 2 N–H and O–H groups in total. The smallest absolute Gasteiger partial charge is 0.335 e. The molecule has 1 saturated carbocycles. The number of methoxy groups -OCH3 is 1. The van der Waals surface area contributed by atoms with Crippen LogP contribution in [0.4, 0.5) is 0 Å². The summed E-state index contributed by atoms with van der Waals surface area (Å²) >= 11 is 0. The zero-order chi connectivity index (χ0) is 13.8. The Kier molecular flexibility index (Phi) is 4.16. The topological polar surface area (TPSA) is 75.6 Å². The molecule has 102 valence electrons. The highest BCUT2D eigenvalue weighted by Gasteiger charge is 2.32. The Balaban J connectivity index is 2.00. The van der Waals surface area contributed by atoms with E-state index in [4.69, 9.17) is 9.84 Å². The lowest BCUT2D eigenvalue weighted by molar-refractivity contribution is 0.0696. The van der Waals surface area contributed by atoms with Crippen LogP contribution >= 0.6 is 0 Å². The number of aromatic carboxylic acids is 1. The minimum atomic E-state index is -0.998. The van der Waals surface area contributed by atoms with Crippen LogP contribution in [0.1, 0.15) is 33.6 Å². The van der Waals surface area contributed by atoms with Crippen molar-refractivity contribution in [2.45, 2.75) is 18.9 Å². The second-order valence-electron chi connectivity index (χ2n) is 4.76. The molecule has 19 heavy (non-hydrogen) atoms. The Hall–Kier alpha value is -1.88. The number of rotatable bonds is 6. The minimum Gasteiger partial charge on any atom is -0.478 e. The summed E-state index contributed by atoms with van der Waals surface area (Å²) in [5.41, 5.74) is 0.638. The van der Waals surface area contributed by atoms with Crippen molar-refractivity contribution in [2.75, 3.05) is 13.7 Å². The average molecular weight is 263 g/mol. The Labute approximate surface area is 111 Å². The molecule has 0 aliphatic heterocycles. The van der Waals surface area contributed by atoms with Crippen LogP contribution in [0.2, 0.25) is 0 Å². The van der Waals surface area contributed by atoms with E-state index in [9.17, 15) is 9.59 Å². The molecule has 0 radical (unpaired) electrons. The molecule has 1 aromatic rings. The second kappa shape index (κ2) is 5.84. The van der Waals surface area contributed by atoms with Crippen molar-refractivity contribution in [1.82, 2.24) is 5.32 Å². The maximum atomic E-state index is 12.0. The van der Waals surface area contributed by atoms with Crippen molar-refractivity contribution in [3.63, 3.8) is 0 Å². The Morgan fingerprint density at radius 3 is 2.37 bits per heavy atom. The van der Waals surface area contributed by atoms with Gasteiger partial charge in [-0.25, -0.2) is 4.79 Å². The van der Waals surface area contributed by atoms with Gasteiger partial charge in [0.25, 0.3) is 5.91 Å². The van der Waals surface area contributed by atoms with Gasteiger partial charge in [0.05, 0.1) is 18.2 Å². The normalized spacial score (nSPS) is 15.8. The monoisotopic (exact) mass is 263 g/mol. The van der Waals surface area contributed by atoms with E-state index in [-0.39, 0.29) is 17.5 Å². The molecular weight excluding hydrogens is 246 g/mol. The first-order valence-corrected chi connectivity index (χ1v) is 6.25. The SMILES string of the molecule is COCC(NC(=O)c1ccc(C(=O)O)cc1)C1CC1. The summed E-state index contributed by atoms with van der Waals surface area (Å²) in [4.78, 5) is 22.8. The quantitative estimate of drug-likeness (QED) is 0.816. The summed E-state index contributed by atoms with van der Waals surface area (Å²) < 4.78 is 5.10. The predicted molar refractivity (Wildman–Crippen MR) is 69.3 cm³/mol. The highest BCUT2D eigenvalue weighted by Crippen LogP contribution is 2.32. The van der Waals surface area contributed by atoms with Gasteiger partial charge in [-0.15, -0.1) is 0 Å². The van der Waals surface area contributed by atoms with Crippen LogP contribution in [0, 0.1) is 5.92 Å². The van der Waals surface area contributed by atoms with Gasteiger partial charge in [0.15, 0.2) is 0 Å². The lowest BCUT2D eigenvalue weighted by atomic mass is 10.1. The van der Waals surface area contributed by atoms with Crippen molar-refractivity contribution in [1.29, 1.82) is 0 Å². The van der Waals surface area contributed by atoms with E-state index < -0.39 is 5.97 Å². The third-order valence-corrected chi connectivity index (χ3v) is 3.25. The van der Waals surface area contributed by atoms with Crippen LogP contribution in [0.5, 0.6) is 0 Å². The predicted octanol–water partition coefficient (Wildman–Crippen LogP) is 1.54. The second-order valence-corrected chi connectivity index (χ2v) is 4.76. The number of carbonyl (C=O) groups is 2. The van der Waals surface area contributed by atoms with E-state index in [1.807, 2.05) is 0 Å². The number of benzene rings is 1. The number of carboxylic acids is 1. The average Bonchev–Trinajstić information content (AvgIpc) is 3.22. The lowest BCUT2D eigenvalue weighted by Crippen LogP contribution is -2.39. The molecule has 0 bridgehead atoms. The van der Waals surface area contributed by atoms with Gasteiger partial charge < -0.3 is 15.2 Å². The van der Waals surface area contributed by atoms with Gasteiger partial charge in [0, 0.05) is 12.7 Å². The molecule has 0 heterocycles. The van der Waals surface area contributed by atoms with Crippen molar-refractivity contribution in [2.24, 2.45) is 5.92 Å². The molecule has 5 nitrogen and oxygen atoms in total. The maximum absolute atomic E-state index is 12.0. The number of carboxylic acid groups (broad SMARTS) is 1. The fourth-order valence-corrected chi connectivity index (χ4v) is 1.99. The first-order chi connectivity index (χ1) is 9.11. The summed E-state index contributed by atoms with van der Waals surface area (Å²) in [5.74, 6) is -0.685. The van der Waals surface area contributed by atoms with Gasteiger partial charge >= 0.3 is 5.97 Å². The lowest BCUT2D eigenvalue weighted by Gasteiger charge is -2.17. The number of ether oxygens (including phenoxy) is 1. The fraction of sp³-hybridized carbons (Fsp3) is 0.429. The third-order valence-electron chi connectivity index (χ3n) is 3.25. The number of amides is 1. The van der Waals surface area contributed by atoms with Crippen LogP contribution in [-0.4, -0.2) is 36.7 Å². The number of hydrogen-bond donors (Lipinski definition) is 2. The highest BCUT2D eigenvalue weighted by molar-refractivity contribution is 5.96. The summed E-state index contributed by atoms with van der Waals surface area (Å²) in [6.07, 6.45) is 2.23. The molecule has 1 amide bonds. The van der Waals surface area contributed by atoms with E-state index in [0.717, 1.165) is 12.8 Å². The van der Waals surface area contributed by atoms with Crippen LogP contribution in [0.15, 0.2) is 24.3 Å². The molecule has 1 fully saturated rings. The summed E-state index contributed by atoms with van der Waals surface area (Å²) in [6, 6.07) is 5.95. The number of nitrogens with one attached hydrogen (secondary N) is 1. The molecule has 1 atom stereocenters. The van der Waals surface area contributed by atoms with Crippen molar-refractivity contribution in [3.05, 3.63) is 35.4 Å². The zero-order valence-corrected chi connectivity index (χ0v) is 10.8. The van der Waals surface area contributed by atoms with Crippen LogP contribution in [-0.2, 0) is 4.74 Å².